The predicted molar refractivity (Wildman–Crippen MR) is 98.5 cm³/mol. The molecule has 0 spiro atoms. The number of benzene rings is 2. The second-order valence-corrected chi connectivity index (χ2v) is 6.32. The molecule has 130 valence electrons. The van der Waals surface area contributed by atoms with Crippen molar-refractivity contribution in [1.82, 2.24) is 4.90 Å². The first kappa shape index (κ1) is 18.7. The molecule has 0 radical (unpaired) electrons. The molecule has 2 aromatic rings. The maximum atomic E-state index is 10.5. The van der Waals surface area contributed by atoms with Gasteiger partial charge in [0.25, 0.3) is 0 Å². The summed E-state index contributed by atoms with van der Waals surface area (Å²) in [7, 11) is 0. The van der Waals surface area contributed by atoms with Gasteiger partial charge >= 0.3 is 0 Å². The lowest BCUT2D eigenvalue weighted by Crippen LogP contribution is -2.50. The van der Waals surface area contributed by atoms with Gasteiger partial charge in [0.1, 0.15) is 0 Å². The maximum absolute atomic E-state index is 10.5. The minimum absolute atomic E-state index is 0.277. The first-order chi connectivity index (χ1) is 11.7. The highest BCUT2D eigenvalue weighted by atomic mass is 16.3. The summed E-state index contributed by atoms with van der Waals surface area (Å²) in [5.74, 6) is 0. The van der Waals surface area contributed by atoms with Crippen LogP contribution in [0, 0.1) is 0 Å². The van der Waals surface area contributed by atoms with E-state index in [1.54, 1.807) is 0 Å². The summed E-state index contributed by atoms with van der Waals surface area (Å²) < 4.78 is 0. The van der Waals surface area contributed by atoms with Gasteiger partial charge in [0.15, 0.2) is 0 Å². The van der Waals surface area contributed by atoms with E-state index in [0.717, 1.165) is 0 Å². The van der Waals surface area contributed by atoms with Gasteiger partial charge in [-0.25, -0.2) is 0 Å². The van der Waals surface area contributed by atoms with Gasteiger partial charge in [-0.1, -0.05) is 74.5 Å². The summed E-state index contributed by atoms with van der Waals surface area (Å²) in [4.78, 5) is 2.20. The molecular formula is C21H29NO2. The Hall–Kier alpha value is -1.68. The van der Waals surface area contributed by atoms with Crippen molar-refractivity contribution in [2.24, 2.45) is 0 Å². The highest BCUT2D eigenvalue weighted by molar-refractivity contribution is 5.17. The topological polar surface area (TPSA) is 43.7 Å². The molecule has 3 nitrogen and oxygen atoms in total. The molecule has 0 unspecified atom stereocenters. The van der Waals surface area contributed by atoms with Gasteiger partial charge in [-0.2, -0.15) is 0 Å². The zero-order valence-corrected chi connectivity index (χ0v) is 14.7. The summed E-state index contributed by atoms with van der Waals surface area (Å²) in [5.41, 5.74) is 2.37. The van der Waals surface area contributed by atoms with Gasteiger partial charge in [-0.05, 0) is 24.0 Å². The number of rotatable bonds is 9. The SMILES string of the molecule is CC[C@H](O)C([C@@H](O)CC)N(Cc1ccccc1)Cc1ccccc1. The van der Waals surface area contributed by atoms with E-state index in [2.05, 4.69) is 29.2 Å². The molecule has 24 heavy (non-hydrogen) atoms. The third kappa shape index (κ3) is 5.17. The van der Waals surface area contributed by atoms with E-state index in [0.29, 0.717) is 25.9 Å². The third-order valence-electron chi connectivity index (χ3n) is 4.50. The lowest BCUT2D eigenvalue weighted by atomic mass is 9.97. The molecule has 0 saturated carbocycles. The smallest absolute Gasteiger partial charge is 0.0718 e. The van der Waals surface area contributed by atoms with E-state index in [9.17, 15) is 10.2 Å². The first-order valence-electron chi connectivity index (χ1n) is 8.83. The van der Waals surface area contributed by atoms with Crippen LogP contribution < -0.4 is 0 Å². The summed E-state index contributed by atoms with van der Waals surface area (Å²) >= 11 is 0. The van der Waals surface area contributed by atoms with E-state index in [4.69, 9.17) is 0 Å². The largest absolute Gasteiger partial charge is 0.391 e. The molecule has 0 aliphatic rings. The van der Waals surface area contributed by atoms with Crippen molar-refractivity contribution < 1.29 is 10.2 Å². The highest BCUT2D eigenvalue weighted by Gasteiger charge is 2.31. The zero-order chi connectivity index (χ0) is 17.4. The van der Waals surface area contributed by atoms with Crippen LogP contribution in [0.15, 0.2) is 60.7 Å². The quantitative estimate of drug-likeness (QED) is 0.739. The van der Waals surface area contributed by atoms with Crippen LogP contribution in [0.5, 0.6) is 0 Å². The fraction of sp³-hybridized carbons (Fsp3) is 0.429. The van der Waals surface area contributed by atoms with Crippen LogP contribution in [0.1, 0.15) is 37.8 Å². The lowest BCUT2D eigenvalue weighted by Gasteiger charge is -2.37. The Morgan fingerprint density at radius 2 is 1.08 bits per heavy atom. The van der Waals surface area contributed by atoms with Gasteiger partial charge in [-0.3, -0.25) is 4.90 Å². The number of hydrogen-bond acceptors (Lipinski definition) is 3. The Bertz CT molecular complexity index is 521. The Morgan fingerprint density at radius 1 is 0.708 bits per heavy atom. The fourth-order valence-electron chi connectivity index (χ4n) is 3.13. The number of hydrogen-bond donors (Lipinski definition) is 2. The highest BCUT2D eigenvalue weighted by Crippen LogP contribution is 2.21. The van der Waals surface area contributed by atoms with Gasteiger partial charge in [0.05, 0.1) is 18.2 Å². The average Bonchev–Trinajstić information content (AvgIpc) is 2.63. The predicted octanol–water partition coefficient (Wildman–Crippen LogP) is 3.60. The van der Waals surface area contributed by atoms with E-state index in [1.807, 2.05) is 50.2 Å². The van der Waals surface area contributed by atoms with Crippen LogP contribution in [0.25, 0.3) is 0 Å². The molecule has 2 atom stereocenters. The second-order valence-electron chi connectivity index (χ2n) is 6.32. The van der Waals surface area contributed by atoms with Gasteiger partial charge < -0.3 is 10.2 Å². The molecule has 0 amide bonds. The molecular weight excluding hydrogens is 298 g/mol. The normalized spacial score (nSPS) is 14.1. The van der Waals surface area contributed by atoms with Crippen molar-refractivity contribution in [3.05, 3.63) is 71.8 Å². The van der Waals surface area contributed by atoms with Crippen LogP contribution >= 0.6 is 0 Å². The number of nitrogens with zero attached hydrogens (tertiary/aromatic N) is 1. The second kappa shape index (κ2) is 9.58. The molecule has 0 aliphatic carbocycles. The number of aliphatic hydroxyl groups is 2. The minimum atomic E-state index is -0.549. The van der Waals surface area contributed by atoms with E-state index < -0.39 is 12.2 Å². The van der Waals surface area contributed by atoms with Crippen LogP contribution in [0.3, 0.4) is 0 Å². The first-order valence-corrected chi connectivity index (χ1v) is 8.83. The fourth-order valence-corrected chi connectivity index (χ4v) is 3.13. The lowest BCUT2D eigenvalue weighted by molar-refractivity contribution is -0.0384. The molecule has 0 heterocycles. The molecule has 0 saturated heterocycles. The Labute approximate surface area is 145 Å². The van der Waals surface area contributed by atoms with Crippen molar-refractivity contribution in [3.63, 3.8) is 0 Å². The van der Waals surface area contributed by atoms with Crippen LogP contribution in [0.2, 0.25) is 0 Å². The van der Waals surface area contributed by atoms with Gasteiger partial charge in [0.2, 0.25) is 0 Å². The molecule has 0 aromatic heterocycles. The molecule has 0 bridgehead atoms. The van der Waals surface area contributed by atoms with Crippen molar-refractivity contribution in [1.29, 1.82) is 0 Å². The van der Waals surface area contributed by atoms with E-state index in [1.165, 1.54) is 11.1 Å². The standard InChI is InChI=1S/C21H29NO2/c1-3-19(23)21(20(24)4-2)22(15-17-11-7-5-8-12-17)16-18-13-9-6-10-14-18/h5-14,19-21,23-24H,3-4,15-16H2,1-2H3/t19-,20-/m0/s1. The molecule has 2 N–H and O–H groups in total. The van der Waals surface area contributed by atoms with E-state index >= 15 is 0 Å². The van der Waals surface area contributed by atoms with Crippen molar-refractivity contribution in [2.75, 3.05) is 0 Å². The van der Waals surface area contributed by atoms with Crippen LogP contribution in [0.4, 0.5) is 0 Å². The number of aliphatic hydroxyl groups excluding tert-OH is 2. The molecule has 0 aliphatic heterocycles. The van der Waals surface area contributed by atoms with Crippen LogP contribution in [-0.4, -0.2) is 33.4 Å². The zero-order valence-electron chi connectivity index (χ0n) is 14.7. The molecule has 2 aromatic carbocycles. The molecule has 2 rings (SSSR count). The van der Waals surface area contributed by atoms with Gasteiger partial charge in [0, 0.05) is 13.1 Å². The summed E-state index contributed by atoms with van der Waals surface area (Å²) in [6.45, 7) is 5.33. The molecule has 3 heteroatoms. The van der Waals surface area contributed by atoms with Crippen molar-refractivity contribution in [3.8, 4) is 0 Å². The Balaban J connectivity index is 2.28. The Kier molecular flexibility index (Phi) is 7.44. The molecule has 0 fully saturated rings. The van der Waals surface area contributed by atoms with Gasteiger partial charge in [-0.15, -0.1) is 0 Å². The maximum Gasteiger partial charge on any atom is 0.0718 e. The summed E-state index contributed by atoms with van der Waals surface area (Å²) in [5, 5.41) is 21.1. The Morgan fingerprint density at radius 3 is 1.42 bits per heavy atom. The summed E-state index contributed by atoms with van der Waals surface area (Å²) in [6.07, 6.45) is 0.156. The van der Waals surface area contributed by atoms with Crippen molar-refractivity contribution in [2.45, 2.75) is 58.0 Å². The van der Waals surface area contributed by atoms with Crippen molar-refractivity contribution >= 4 is 0 Å². The third-order valence-corrected chi connectivity index (χ3v) is 4.50. The van der Waals surface area contributed by atoms with E-state index in [-0.39, 0.29) is 6.04 Å². The average molecular weight is 327 g/mol. The summed E-state index contributed by atoms with van der Waals surface area (Å²) in [6, 6.07) is 20.2. The van der Waals surface area contributed by atoms with Crippen LogP contribution in [-0.2, 0) is 13.1 Å². The monoisotopic (exact) mass is 327 g/mol. The minimum Gasteiger partial charge on any atom is -0.391 e.